The maximum atomic E-state index is 12.4. The van der Waals surface area contributed by atoms with E-state index in [-0.39, 0.29) is 11.9 Å². The summed E-state index contributed by atoms with van der Waals surface area (Å²) < 4.78 is 0. The SMILES string of the molecule is CCN(CC)c1ccc(Nc2nccc(C(=O)NC3CCCC3)n2)cc1. The average Bonchev–Trinajstić information content (AvgIpc) is 3.17. The van der Waals surface area contributed by atoms with E-state index in [2.05, 4.69) is 51.5 Å². The standard InChI is InChI=1S/C20H27N5O/c1-3-25(4-2)17-11-9-16(10-12-17)23-20-21-14-13-18(24-20)19(26)22-15-7-5-6-8-15/h9-15H,3-8H2,1-2H3,(H,22,26)(H,21,23,24). The third-order valence-electron chi connectivity index (χ3n) is 4.83. The smallest absolute Gasteiger partial charge is 0.270 e. The second-order valence-corrected chi connectivity index (χ2v) is 6.56. The molecule has 0 atom stereocenters. The van der Waals surface area contributed by atoms with Crippen LogP contribution in [0, 0.1) is 0 Å². The normalized spacial score (nSPS) is 14.2. The number of carbonyl (C=O) groups is 1. The number of rotatable bonds is 7. The van der Waals surface area contributed by atoms with Gasteiger partial charge in [-0.3, -0.25) is 4.79 Å². The van der Waals surface area contributed by atoms with Gasteiger partial charge in [0.15, 0.2) is 0 Å². The minimum Gasteiger partial charge on any atom is -0.372 e. The number of nitrogens with one attached hydrogen (secondary N) is 2. The quantitative estimate of drug-likeness (QED) is 0.793. The first-order chi connectivity index (χ1) is 12.7. The van der Waals surface area contributed by atoms with Crippen LogP contribution in [0.5, 0.6) is 0 Å². The van der Waals surface area contributed by atoms with E-state index in [1.54, 1.807) is 12.3 Å². The Hall–Kier alpha value is -2.63. The van der Waals surface area contributed by atoms with Gasteiger partial charge in [-0.15, -0.1) is 0 Å². The summed E-state index contributed by atoms with van der Waals surface area (Å²) in [5.74, 6) is 0.305. The van der Waals surface area contributed by atoms with Crippen molar-refractivity contribution in [2.75, 3.05) is 23.3 Å². The molecule has 1 heterocycles. The van der Waals surface area contributed by atoms with E-state index in [4.69, 9.17) is 0 Å². The van der Waals surface area contributed by atoms with Crippen LogP contribution in [0.1, 0.15) is 50.0 Å². The van der Waals surface area contributed by atoms with Gasteiger partial charge in [-0.1, -0.05) is 12.8 Å². The van der Waals surface area contributed by atoms with E-state index in [0.717, 1.165) is 31.6 Å². The van der Waals surface area contributed by atoms with Crippen LogP contribution in [0.4, 0.5) is 17.3 Å². The summed E-state index contributed by atoms with van der Waals surface area (Å²) in [6, 6.07) is 10.1. The van der Waals surface area contributed by atoms with Gasteiger partial charge in [0, 0.05) is 36.7 Å². The van der Waals surface area contributed by atoms with Gasteiger partial charge in [0.05, 0.1) is 0 Å². The largest absolute Gasteiger partial charge is 0.372 e. The lowest BCUT2D eigenvalue weighted by molar-refractivity contribution is 0.0933. The van der Waals surface area contributed by atoms with Gasteiger partial charge in [-0.05, 0) is 57.0 Å². The zero-order valence-corrected chi connectivity index (χ0v) is 15.5. The molecule has 2 N–H and O–H groups in total. The molecule has 0 unspecified atom stereocenters. The number of carbonyl (C=O) groups excluding carboxylic acids is 1. The number of anilines is 3. The van der Waals surface area contributed by atoms with Crippen LogP contribution in [0.15, 0.2) is 36.5 Å². The Morgan fingerprint density at radius 2 is 1.81 bits per heavy atom. The maximum Gasteiger partial charge on any atom is 0.270 e. The summed E-state index contributed by atoms with van der Waals surface area (Å²) in [7, 11) is 0. The minimum atomic E-state index is -0.126. The molecule has 26 heavy (non-hydrogen) atoms. The number of hydrogen-bond acceptors (Lipinski definition) is 5. The Morgan fingerprint density at radius 3 is 2.46 bits per heavy atom. The first-order valence-electron chi connectivity index (χ1n) is 9.45. The maximum absolute atomic E-state index is 12.4. The molecule has 0 bridgehead atoms. The van der Waals surface area contributed by atoms with Crippen LogP contribution in [-0.4, -0.2) is 35.0 Å². The van der Waals surface area contributed by atoms with Crippen molar-refractivity contribution >= 4 is 23.2 Å². The fraction of sp³-hybridized carbons (Fsp3) is 0.450. The second kappa shape index (κ2) is 8.65. The summed E-state index contributed by atoms with van der Waals surface area (Å²) >= 11 is 0. The third kappa shape index (κ3) is 4.50. The topological polar surface area (TPSA) is 70.2 Å². The van der Waals surface area contributed by atoms with Crippen molar-refractivity contribution in [3.05, 3.63) is 42.2 Å². The summed E-state index contributed by atoms with van der Waals surface area (Å²) in [6.07, 6.45) is 6.10. The van der Waals surface area contributed by atoms with Crippen molar-refractivity contribution < 1.29 is 4.79 Å². The highest BCUT2D eigenvalue weighted by Gasteiger charge is 2.18. The van der Waals surface area contributed by atoms with Crippen molar-refractivity contribution in [3.8, 4) is 0 Å². The molecular weight excluding hydrogens is 326 g/mol. The molecule has 1 aliphatic rings. The van der Waals surface area contributed by atoms with E-state index in [0.29, 0.717) is 11.6 Å². The molecule has 1 aliphatic carbocycles. The molecule has 0 spiro atoms. The Labute approximate surface area is 155 Å². The summed E-state index contributed by atoms with van der Waals surface area (Å²) in [5, 5.41) is 6.23. The highest BCUT2D eigenvalue weighted by molar-refractivity contribution is 5.92. The molecule has 0 saturated heterocycles. The van der Waals surface area contributed by atoms with Crippen molar-refractivity contribution in [1.29, 1.82) is 0 Å². The van der Waals surface area contributed by atoms with Gasteiger partial charge >= 0.3 is 0 Å². The number of aromatic nitrogens is 2. The number of benzene rings is 1. The molecule has 1 aromatic carbocycles. The number of hydrogen-bond donors (Lipinski definition) is 2. The molecule has 0 aliphatic heterocycles. The van der Waals surface area contributed by atoms with Crippen LogP contribution < -0.4 is 15.5 Å². The fourth-order valence-corrected chi connectivity index (χ4v) is 3.35. The molecule has 1 amide bonds. The molecule has 1 fully saturated rings. The molecule has 6 heteroatoms. The van der Waals surface area contributed by atoms with Crippen LogP contribution >= 0.6 is 0 Å². The van der Waals surface area contributed by atoms with E-state index < -0.39 is 0 Å². The molecular formula is C20H27N5O. The van der Waals surface area contributed by atoms with E-state index >= 15 is 0 Å². The highest BCUT2D eigenvalue weighted by atomic mass is 16.1. The molecule has 1 aromatic heterocycles. The van der Waals surface area contributed by atoms with Crippen molar-refractivity contribution in [2.45, 2.75) is 45.6 Å². The van der Waals surface area contributed by atoms with Crippen LogP contribution in [0.3, 0.4) is 0 Å². The van der Waals surface area contributed by atoms with Gasteiger partial charge in [0.2, 0.25) is 5.95 Å². The van der Waals surface area contributed by atoms with Crippen molar-refractivity contribution in [2.24, 2.45) is 0 Å². The van der Waals surface area contributed by atoms with Gasteiger partial charge in [-0.25, -0.2) is 9.97 Å². The van der Waals surface area contributed by atoms with Crippen LogP contribution in [0.2, 0.25) is 0 Å². The monoisotopic (exact) mass is 353 g/mol. The molecule has 138 valence electrons. The van der Waals surface area contributed by atoms with Crippen molar-refractivity contribution in [3.63, 3.8) is 0 Å². The lowest BCUT2D eigenvalue weighted by Crippen LogP contribution is -2.33. The zero-order chi connectivity index (χ0) is 18.4. The predicted octanol–water partition coefficient (Wildman–Crippen LogP) is 3.74. The summed E-state index contributed by atoms with van der Waals surface area (Å²) in [6.45, 7) is 6.24. The van der Waals surface area contributed by atoms with Gasteiger partial charge in [0.25, 0.3) is 5.91 Å². The Morgan fingerprint density at radius 1 is 1.12 bits per heavy atom. The molecule has 0 radical (unpaired) electrons. The van der Waals surface area contributed by atoms with Gasteiger partial charge < -0.3 is 15.5 Å². The molecule has 2 aromatic rings. The fourth-order valence-electron chi connectivity index (χ4n) is 3.35. The Kier molecular flexibility index (Phi) is 6.04. The van der Waals surface area contributed by atoms with E-state index in [1.807, 2.05) is 12.1 Å². The average molecular weight is 353 g/mol. The van der Waals surface area contributed by atoms with E-state index in [1.165, 1.54) is 18.5 Å². The van der Waals surface area contributed by atoms with Crippen molar-refractivity contribution in [1.82, 2.24) is 15.3 Å². The van der Waals surface area contributed by atoms with Crippen LogP contribution in [0.25, 0.3) is 0 Å². The second-order valence-electron chi connectivity index (χ2n) is 6.56. The van der Waals surface area contributed by atoms with Crippen LogP contribution in [-0.2, 0) is 0 Å². The molecule has 1 saturated carbocycles. The summed E-state index contributed by atoms with van der Waals surface area (Å²) in [4.78, 5) is 23.2. The zero-order valence-electron chi connectivity index (χ0n) is 15.5. The van der Waals surface area contributed by atoms with Gasteiger partial charge in [-0.2, -0.15) is 0 Å². The predicted molar refractivity (Wildman–Crippen MR) is 105 cm³/mol. The third-order valence-corrected chi connectivity index (χ3v) is 4.83. The Balaban J connectivity index is 1.65. The van der Waals surface area contributed by atoms with Gasteiger partial charge in [0.1, 0.15) is 5.69 Å². The first kappa shape index (κ1) is 18.2. The highest BCUT2D eigenvalue weighted by Crippen LogP contribution is 2.20. The first-order valence-corrected chi connectivity index (χ1v) is 9.45. The lowest BCUT2D eigenvalue weighted by atomic mass is 10.2. The molecule has 6 nitrogen and oxygen atoms in total. The Bertz CT molecular complexity index is 721. The minimum absolute atomic E-state index is 0.126. The summed E-state index contributed by atoms with van der Waals surface area (Å²) in [5.41, 5.74) is 2.48. The molecule has 3 rings (SSSR count). The van der Waals surface area contributed by atoms with E-state index in [9.17, 15) is 4.79 Å². The lowest BCUT2D eigenvalue weighted by Gasteiger charge is -2.21. The number of nitrogens with zero attached hydrogens (tertiary/aromatic N) is 3. The number of amides is 1.